The van der Waals surface area contributed by atoms with Gasteiger partial charge in [-0.2, -0.15) is 0 Å². The van der Waals surface area contributed by atoms with Crippen LogP contribution in [0.4, 0.5) is 0 Å². The van der Waals surface area contributed by atoms with Crippen molar-refractivity contribution in [2.45, 2.75) is 39.4 Å². The summed E-state index contributed by atoms with van der Waals surface area (Å²) in [5.74, 6) is -0.366. The molecular formula is C19H22O4. The predicted octanol–water partition coefficient (Wildman–Crippen LogP) is 3.12. The smallest absolute Gasteiger partial charge is 0.332 e. The Labute approximate surface area is 136 Å². The van der Waals surface area contributed by atoms with E-state index in [1.807, 2.05) is 56.3 Å². The molecule has 0 bridgehead atoms. The Morgan fingerprint density at radius 3 is 2.48 bits per heavy atom. The van der Waals surface area contributed by atoms with Gasteiger partial charge in [-0.05, 0) is 35.6 Å². The zero-order chi connectivity index (χ0) is 16.8. The maximum absolute atomic E-state index is 10.8. The van der Waals surface area contributed by atoms with E-state index < -0.39 is 12.1 Å². The van der Waals surface area contributed by atoms with Crippen LogP contribution in [0.2, 0.25) is 0 Å². The van der Waals surface area contributed by atoms with Gasteiger partial charge in [0.1, 0.15) is 12.4 Å². The minimum atomic E-state index is -1.38. The van der Waals surface area contributed by atoms with Crippen LogP contribution in [0.3, 0.4) is 0 Å². The Morgan fingerprint density at radius 1 is 1.17 bits per heavy atom. The number of rotatable bonds is 7. The van der Waals surface area contributed by atoms with Crippen LogP contribution < -0.4 is 4.74 Å². The summed E-state index contributed by atoms with van der Waals surface area (Å²) >= 11 is 0. The molecule has 2 N–H and O–H groups in total. The molecule has 0 unspecified atom stereocenters. The van der Waals surface area contributed by atoms with Crippen LogP contribution in [-0.4, -0.2) is 22.3 Å². The van der Waals surface area contributed by atoms with Gasteiger partial charge in [0.05, 0.1) is 0 Å². The average molecular weight is 314 g/mol. The summed E-state index contributed by atoms with van der Waals surface area (Å²) in [6, 6.07) is 13.7. The summed E-state index contributed by atoms with van der Waals surface area (Å²) < 4.78 is 5.97. The van der Waals surface area contributed by atoms with Crippen molar-refractivity contribution in [2.24, 2.45) is 0 Å². The van der Waals surface area contributed by atoms with E-state index in [0.29, 0.717) is 6.61 Å². The van der Waals surface area contributed by atoms with Crippen molar-refractivity contribution in [3.05, 3.63) is 64.7 Å². The zero-order valence-electron chi connectivity index (χ0n) is 13.5. The van der Waals surface area contributed by atoms with Gasteiger partial charge in [0.25, 0.3) is 0 Å². The minimum Gasteiger partial charge on any atom is -0.488 e. The SMILES string of the molecule is CCc1cc(C[C@@H](O)C(=O)O)cc(C)c1OCc1ccccc1. The first kappa shape index (κ1) is 17.0. The number of aryl methyl sites for hydroxylation is 2. The molecule has 4 nitrogen and oxygen atoms in total. The fourth-order valence-electron chi connectivity index (χ4n) is 2.56. The third-order valence-corrected chi connectivity index (χ3v) is 3.73. The van der Waals surface area contributed by atoms with Crippen molar-refractivity contribution in [1.82, 2.24) is 0 Å². The lowest BCUT2D eigenvalue weighted by atomic mass is 9.99. The minimum absolute atomic E-state index is 0.0993. The molecule has 1 atom stereocenters. The molecule has 0 aliphatic carbocycles. The molecule has 0 aliphatic heterocycles. The van der Waals surface area contributed by atoms with E-state index >= 15 is 0 Å². The van der Waals surface area contributed by atoms with E-state index in [1.54, 1.807) is 0 Å². The molecule has 0 saturated heterocycles. The predicted molar refractivity (Wildman–Crippen MR) is 88.7 cm³/mol. The van der Waals surface area contributed by atoms with Crippen molar-refractivity contribution in [1.29, 1.82) is 0 Å². The van der Waals surface area contributed by atoms with Crippen LogP contribution >= 0.6 is 0 Å². The number of ether oxygens (including phenoxy) is 1. The maximum Gasteiger partial charge on any atom is 0.332 e. The van der Waals surface area contributed by atoms with Gasteiger partial charge in [-0.25, -0.2) is 4.79 Å². The van der Waals surface area contributed by atoms with Crippen molar-refractivity contribution in [2.75, 3.05) is 0 Å². The van der Waals surface area contributed by atoms with Gasteiger partial charge in [0.15, 0.2) is 6.10 Å². The number of carboxylic acids is 1. The number of carbonyl (C=O) groups is 1. The van der Waals surface area contributed by atoms with Crippen LogP contribution in [0.5, 0.6) is 5.75 Å². The highest BCUT2D eigenvalue weighted by molar-refractivity contribution is 5.72. The van der Waals surface area contributed by atoms with Gasteiger partial charge in [0, 0.05) is 6.42 Å². The maximum atomic E-state index is 10.8. The van der Waals surface area contributed by atoms with E-state index in [9.17, 15) is 9.90 Å². The number of hydrogen-bond acceptors (Lipinski definition) is 3. The van der Waals surface area contributed by atoms with Gasteiger partial charge < -0.3 is 14.9 Å². The van der Waals surface area contributed by atoms with Crippen LogP contribution in [-0.2, 0) is 24.2 Å². The van der Waals surface area contributed by atoms with Crippen molar-refractivity contribution in [3.63, 3.8) is 0 Å². The number of aliphatic hydroxyl groups excluding tert-OH is 1. The molecule has 0 radical (unpaired) electrons. The molecule has 0 saturated carbocycles. The summed E-state index contributed by atoms with van der Waals surface area (Å²) in [6.07, 6.45) is -0.500. The molecule has 0 heterocycles. The second kappa shape index (κ2) is 7.79. The van der Waals surface area contributed by atoms with Gasteiger partial charge in [-0.3, -0.25) is 0 Å². The molecule has 4 heteroatoms. The normalized spacial score (nSPS) is 12.0. The number of aliphatic hydroxyl groups is 1. The third-order valence-electron chi connectivity index (χ3n) is 3.73. The molecule has 23 heavy (non-hydrogen) atoms. The Morgan fingerprint density at radius 2 is 1.87 bits per heavy atom. The summed E-state index contributed by atoms with van der Waals surface area (Å²) in [6.45, 7) is 4.46. The highest BCUT2D eigenvalue weighted by Gasteiger charge is 2.16. The van der Waals surface area contributed by atoms with Crippen LogP contribution in [0.25, 0.3) is 0 Å². The Hall–Kier alpha value is -2.33. The fourth-order valence-corrected chi connectivity index (χ4v) is 2.56. The van der Waals surface area contributed by atoms with Gasteiger partial charge >= 0.3 is 5.97 Å². The molecule has 2 rings (SSSR count). The van der Waals surface area contributed by atoms with E-state index in [-0.39, 0.29) is 6.42 Å². The monoisotopic (exact) mass is 314 g/mol. The van der Waals surface area contributed by atoms with Crippen molar-refractivity contribution >= 4 is 5.97 Å². The zero-order valence-corrected chi connectivity index (χ0v) is 13.5. The third kappa shape index (κ3) is 4.57. The lowest BCUT2D eigenvalue weighted by Gasteiger charge is -2.16. The first-order valence-corrected chi connectivity index (χ1v) is 7.71. The van der Waals surface area contributed by atoms with Gasteiger partial charge in [-0.1, -0.05) is 49.4 Å². The van der Waals surface area contributed by atoms with Gasteiger partial charge in [-0.15, -0.1) is 0 Å². The van der Waals surface area contributed by atoms with Crippen LogP contribution in [0.15, 0.2) is 42.5 Å². The Bertz CT molecular complexity index is 665. The highest BCUT2D eigenvalue weighted by atomic mass is 16.5. The van der Waals surface area contributed by atoms with E-state index in [0.717, 1.165) is 34.4 Å². The molecule has 0 aliphatic rings. The molecule has 0 spiro atoms. The Balaban J connectivity index is 2.18. The van der Waals surface area contributed by atoms with E-state index in [1.165, 1.54) is 0 Å². The number of hydrogen-bond donors (Lipinski definition) is 2. The summed E-state index contributed by atoms with van der Waals surface area (Å²) in [5.41, 5.74) is 3.88. The summed E-state index contributed by atoms with van der Waals surface area (Å²) in [7, 11) is 0. The lowest BCUT2D eigenvalue weighted by molar-refractivity contribution is -0.146. The summed E-state index contributed by atoms with van der Waals surface area (Å²) in [4.78, 5) is 10.8. The average Bonchev–Trinajstić information content (AvgIpc) is 2.54. The quantitative estimate of drug-likeness (QED) is 0.824. The fraction of sp³-hybridized carbons (Fsp3) is 0.316. The lowest BCUT2D eigenvalue weighted by Crippen LogP contribution is -2.22. The molecule has 122 valence electrons. The highest BCUT2D eigenvalue weighted by Crippen LogP contribution is 2.27. The molecular weight excluding hydrogens is 292 g/mol. The van der Waals surface area contributed by atoms with Crippen LogP contribution in [0, 0.1) is 6.92 Å². The number of aliphatic carboxylic acids is 1. The first-order valence-electron chi connectivity index (χ1n) is 7.71. The number of carboxylic acid groups (broad SMARTS) is 1. The largest absolute Gasteiger partial charge is 0.488 e. The molecule has 0 fully saturated rings. The van der Waals surface area contributed by atoms with Crippen LogP contribution in [0.1, 0.15) is 29.2 Å². The standard InChI is InChI=1S/C19H22O4/c1-3-16-10-15(11-17(20)19(21)22)9-13(2)18(16)23-12-14-7-5-4-6-8-14/h4-10,17,20H,3,11-12H2,1-2H3,(H,21,22)/t17-/m1/s1. The number of benzene rings is 2. The topological polar surface area (TPSA) is 66.8 Å². The molecule has 2 aromatic rings. The van der Waals surface area contributed by atoms with Crippen molar-refractivity contribution in [3.8, 4) is 5.75 Å². The van der Waals surface area contributed by atoms with E-state index in [2.05, 4.69) is 0 Å². The summed E-state index contributed by atoms with van der Waals surface area (Å²) in [5, 5.41) is 18.4. The Kier molecular flexibility index (Phi) is 5.77. The molecule has 0 amide bonds. The van der Waals surface area contributed by atoms with E-state index in [4.69, 9.17) is 9.84 Å². The first-order chi connectivity index (χ1) is 11.0. The van der Waals surface area contributed by atoms with Gasteiger partial charge in [0.2, 0.25) is 0 Å². The molecule has 2 aromatic carbocycles. The van der Waals surface area contributed by atoms with Crippen molar-refractivity contribution < 1.29 is 19.7 Å². The second-order valence-corrected chi connectivity index (χ2v) is 5.59. The second-order valence-electron chi connectivity index (χ2n) is 5.59. The molecule has 0 aromatic heterocycles.